The van der Waals surface area contributed by atoms with Gasteiger partial charge in [0, 0.05) is 33.4 Å². The number of rotatable bonds is 6. The number of hydrogen-bond donors (Lipinski definition) is 0. The average molecular weight is 663 g/mol. The molecule has 1 aromatic heterocycles. The Labute approximate surface area is 303 Å². The Morgan fingerprint density at radius 2 is 0.827 bits per heavy atom. The van der Waals surface area contributed by atoms with E-state index in [1.54, 1.807) is 0 Å². The Bertz CT molecular complexity index is 2830. The number of anilines is 3. The third kappa shape index (κ3) is 4.80. The van der Waals surface area contributed by atoms with Gasteiger partial charge in [-0.1, -0.05) is 152 Å². The van der Waals surface area contributed by atoms with Gasteiger partial charge in [0.1, 0.15) is 0 Å². The maximum Gasteiger partial charge on any atom is 0.0542 e. The van der Waals surface area contributed by atoms with Crippen molar-refractivity contribution in [2.75, 3.05) is 4.90 Å². The van der Waals surface area contributed by atoms with Crippen LogP contribution in [0.5, 0.6) is 0 Å². The van der Waals surface area contributed by atoms with E-state index in [9.17, 15) is 0 Å². The van der Waals surface area contributed by atoms with Crippen LogP contribution in [0.4, 0.5) is 17.1 Å². The maximum absolute atomic E-state index is 2.43. The first-order chi connectivity index (χ1) is 25.8. The Hall–Kier alpha value is -6.90. The van der Waals surface area contributed by atoms with E-state index in [0.717, 1.165) is 22.7 Å². The lowest BCUT2D eigenvalue weighted by atomic mass is 9.85. The van der Waals surface area contributed by atoms with E-state index in [1.807, 2.05) is 0 Å². The lowest BCUT2D eigenvalue weighted by molar-refractivity contribution is 1.18. The second-order valence-corrected chi connectivity index (χ2v) is 13.3. The van der Waals surface area contributed by atoms with Gasteiger partial charge >= 0.3 is 0 Å². The molecular formula is C50H34N2. The fourth-order valence-electron chi connectivity index (χ4n) is 8.17. The van der Waals surface area contributed by atoms with Crippen LogP contribution in [0.3, 0.4) is 0 Å². The fraction of sp³-hybridized carbons (Fsp3) is 0. The highest BCUT2D eigenvalue weighted by Gasteiger charge is 2.23. The van der Waals surface area contributed by atoms with Crippen molar-refractivity contribution in [1.29, 1.82) is 0 Å². The molecule has 0 unspecified atom stereocenters. The highest BCUT2D eigenvalue weighted by molar-refractivity contribution is 6.22. The molecule has 0 spiro atoms. The fourth-order valence-corrected chi connectivity index (χ4v) is 8.17. The Kier molecular flexibility index (Phi) is 7.18. The number of fused-ring (bicyclic) bond motifs is 5. The summed E-state index contributed by atoms with van der Waals surface area (Å²) < 4.78 is 2.38. The smallest absolute Gasteiger partial charge is 0.0542 e. The monoisotopic (exact) mass is 662 g/mol. The molecule has 9 aromatic carbocycles. The minimum atomic E-state index is 1.11. The molecule has 0 saturated heterocycles. The molecule has 0 bridgehead atoms. The Morgan fingerprint density at radius 1 is 0.327 bits per heavy atom. The van der Waals surface area contributed by atoms with Crippen molar-refractivity contribution in [3.63, 3.8) is 0 Å². The molecule has 0 radical (unpaired) electrons. The van der Waals surface area contributed by atoms with Gasteiger partial charge in [0.05, 0.1) is 16.7 Å². The molecule has 2 nitrogen and oxygen atoms in total. The number of aromatic nitrogens is 1. The first-order valence-electron chi connectivity index (χ1n) is 17.9. The molecule has 0 atom stereocenters. The van der Waals surface area contributed by atoms with Crippen molar-refractivity contribution in [2.24, 2.45) is 0 Å². The van der Waals surface area contributed by atoms with Crippen molar-refractivity contribution < 1.29 is 0 Å². The number of para-hydroxylation sites is 4. The van der Waals surface area contributed by atoms with Crippen LogP contribution in [-0.4, -0.2) is 4.57 Å². The largest absolute Gasteiger partial charge is 0.310 e. The molecular weight excluding hydrogens is 629 g/mol. The van der Waals surface area contributed by atoms with Crippen molar-refractivity contribution in [3.05, 3.63) is 206 Å². The first kappa shape index (κ1) is 30.0. The summed E-state index contributed by atoms with van der Waals surface area (Å²) in [5, 5.41) is 7.43. The third-order valence-corrected chi connectivity index (χ3v) is 10.4. The predicted octanol–water partition coefficient (Wildman–Crippen LogP) is 13.9. The van der Waals surface area contributed by atoms with E-state index in [2.05, 4.69) is 216 Å². The van der Waals surface area contributed by atoms with Gasteiger partial charge in [-0.25, -0.2) is 0 Å². The van der Waals surface area contributed by atoms with Crippen LogP contribution < -0.4 is 4.90 Å². The lowest BCUT2D eigenvalue weighted by Gasteiger charge is -2.29. The predicted molar refractivity (Wildman–Crippen MR) is 221 cm³/mol. The van der Waals surface area contributed by atoms with Gasteiger partial charge < -0.3 is 9.47 Å². The first-order valence-corrected chi connectivity index (χ1v) is 17.9. The van der Waals surface area contributed by atoms with Gasteiger partial charge in [-0.15, -0.1) is 0 Å². The highest BCUT2D eigenvalue weighted by Crippen LogP contribution is 2.49. The molecule has 0 saturated carbocycles. The van der Waals surface area contributed by atoms with Crippen LogP contribution in [0.15, 0.2) is 206 Å². The zero-order valence-electron chi connectivity index (χ0n) is 28.5. The number of hydrogen-bond acceptors (Lipinski definition) is 1. The standard InChI is InChI=1S/C50H34N2/c1-4-18-35(19-5-1)49-40-25-10-12-27-42(40)50(43-28-13-11-26-41(43)49)44-29-15-17-31-47(44)51(36-20-6-2-7-21-36)38-32-33-48-45(34-38)39-24-14-16-30-46(39)52(48)37-22-8-3-9-23-37/h1-34H. The summed E-state index contributed by atoms with van der Waals surface area (Å²) in [5.41, 5.74) is 11.8. The van der Waals surface area contributed by atoms with Crippen LogP contribution >= 0.6 is 0 Å². The second kappa shape index (κ2) is 12.5. The van der Waals surface area contributed by atoms with Gasteiger partial charge in [-0.3, -0.25) is 0 Å². The molecule has 0 amide bonds. The molecule has 0 aliphatic rings. The Morgan fingerprint density at radius 3 is 1.50 bits per heavy atom. The molecule has 0 aliphatic carbocycles. The lowest BCUT2D eigenvalue weighted by Crippen LogP contribution is -2.11. The van der Waals surface area contributed by atoms with E-state index in [1.165, 1.54) is 65.6 Å². The Balaban J connectivity index is 1.26. The molecule has 0 N–H and O–H groups in total. The van der Waals surface area contributed by atoms with Crippen molar-refractivity contribution in [2.45, 2.75) is 0 Å². The molecule has 0 fully saturated rings. The van der Waals surface area contributed by atoms with Crippen molar-refractivity contribution in [3.8, 4) is 27.9 Å². The summed E-state index contributed by atoms with van der Waals surface area (Å²) in [4.78, 5) is 2.43. The third-order valence-electron chi connectivity index (χ3n) is 10.4. The zero-order chi connectivity index (χ0) is 34.4. The topological polar surface area (TPSA) is 8.17 Å². The van der Waals surface area contributed by atoms with Crippen molar-refractivity contribution in [1.82, 2.24) is 4.57 Å². The maximum atomic E-state index is 2.43. The second-order valence-electron chi connectivity index (χ2n) is 13.3. The zero-order valence-corrected chi connectivity index (χ0v) is 28.5. The summed E-state index contributed by atoms with van der Waals surface area (Å²) in [6.07, 6.45) is 0. The minimum Gasteiger partial charge on any atom is -0.310 e. The minimum absolute atomic E-state index is 1.11. The molecule has 2 heteroatoms. The number of benzene rings is 9. The van der Waals surface area contributed by atoms with Crippen LogP contribution in [0, 0.1) is 0 Å². The summed E-state index contributed by atoms with van der Waals surface area (Å²) in [7, 11) is 0. The SMILES string of the molecule is c1ccc(-c2c3ccccc3c(-c3ccccc3N(c3ccccc3)c3ccc4c(c3)c3ccccc3n4-c3ccccc3)c3ccccc23)cc1. The van der Waals surface area contributed by atoms with E-state index in [-0.39, 0.29) is 0 Å². The summed E-state index contributed by atoms with van der Waals surface area (Å²) in [5.74, 6) is 0. The van der Waals surface area contributed by atoms with E-state index < -0.39 is 0 Å². The van der Waals surface area contributed by atoms with E-state index in [0.29, 0.717) is 0 Å². The molecule has 0 aliphatic heterocycles. The van der Waals surface area contributed by atoms with Gasteiger partial charge in [0.2, 0.25) is 0 Å². The van der Waals surface area contributed by atoms with Gasteiger partial charge in [-0.2, -0.15) is 0 Å². The van der Waals surface area contributed by atoms with Crippen LogP contribution in [0.25, 0.3) is 71.3 Å². The normalized spacial score (nSPS) is 11.5. The van der Waals surface area contributed by atoms with Gasteiger partial charge in [-0.05, 0) is 92.8 Å². The molecule has 52 heavy (non-hydrogen) atoms. The summed E-state index contributed by atoms with van der Waals surface area (Å²) >= 11 is 0. The van der Waals surface area contributed by atoms with Crippen molar-refractivity contribution >= 4 is 60.4 Å². The van der Waals surface area contributed by atoms with E-state index in [4.69, 9.17) is 0 Å². The quantitative estimate of drug-likeness (QED) is 0.161. The number of nitrogens with zero attached hydrogens (tertiary/aromatic N) is 2. The van der Waals surface area contributed by atoms with E-state index >= 15 is 0 Å². The van der Waals surface area contributed by atoms with Crippen LogP contribution in [0.1, 0.15) is 0 Å². The highest BCUT2D eigenvalue weighted by atomic mass is 15.1. The molecule has 10 aromatic rings. The van der Waals surface area contributed by atoms with Gasteiger partial charge in [0.25, 0.3) is 0 Å². The summed E-state index contributed by atoms with van der Waals surface area (Å²) in [6, 6.07) is 74.6. The molecule has 244 valence electrons. The molecule has 10 rings (SSSR count). The van der Waals surface area contributed by atoms with Crippen LogP contribution in [0.2, 0.25) is 0 Å². The average Bonchev–Trinajstić information content (AvgIpc) is 3.55. The molecule has 1 heterocycles. The van der Waals surface area contributed by atoms with Gasteiger partial charge in [0.15, 0.2) is 0 Å². The summed E-state index contributed by atoms with van der Waals surface area (Å²) in [6.45, 7) is 0. The van der Waals surface area contributed by atoms with Crippen LogP contribution in [-0.2, 0) is 0 Å².